The van der Waals surface area contributed by atoms with Crippen molar-refractivity contribution < 1.29 is 13.6 Å². The van der Waals surface area contributed by atoms with Crippen molar-refractivity contribution in [2.45, 2.75) is 25.3 Å². The second-order valence-corrected chi connectivity index (χ2v) is 7.04. The fourth-order valence-corrected chi connectivity index (χ4v) is 3.55. The molecule has 0 aromatic carbocycles. The largest absolute Gasteiger partial charge is 0.373 e. The van der Waals surface area contributed by atoms with Gasteiger partial charge in [0.05, 0.1) is 5.69 Å². The fourth-order valence-electron chi connectivity index (χ4n) is 3.55. The molecule has 1 aliphatic rings. The van der Waals surface area contributed by atoms with Gasteiger partial charge in [-0.15, -0.1) is 0 Å². The van der Waals surface area contributed by atoms with Crippen molar-refractivity contribution in [2.75, 3.05) is 25.5 Å². The van der Waals surface area contributed by atoms with Crippen LogP contribution in [-0.4, -0.2) is 55.7 Å². The zero-order valence-electron chi connectivity index (χ0n) is 16.4. The van der Waals surface area contributed by atoms with Crippen molar-refractivity contribution in [1.82, 2.24) is 29.6 Å². The summed E-state index contributed by atoms with van der Waals surface area (Å²) in [6.45, 7) is -1.78. The van der Waals surface area contributed by atoms with Crippen LogP contribution in [0.4, 0.5) is 14.6 Å². The van der Waals surface area contributed by atoms with E-state index in [0.29, 0.717) is 29.4 Å². The molecule has 1 saturated heterocycles. The molecule has 156 valence electrons. The number of hydrogen-bond acceptors (Lipinski definition) is 6. The first-order valence-corrected chi connectivity index (χ1v) is 9.65. The molecule has 0 unspecified atom stereocenters. The van der Waals surface area contributed by atoms with Gasteiger partial charge in [-0.2, -0.15) is 13.9 Å². The third-order valence-electron chi connectivity index (χ3n) is 5.08. The van der Waals surface area contributed by atoms with Crippen molar-refractivity contribution in [2.24, 2.45) is 0 Å². The molecule has 10 heteroatoms. The molecule has 1 N–H and O–H groups in total. The second-order valence-electron chi connectivity index (χ2n) is 7.04. The first kappa shape index (κ1) is 19.9. The quantitative estimate of drug-likeness (QED) is 0.691. The monoisotopic (exact) mass is 413 g/mol. The van der Waals surface area contributed by atoms with Crippen LogP contribution in [-0.2, 0) is 0 Å². The highest BCUT2D eigenvalue weighted by molar-refractivity contribution is 5.92. The predicted molar refractivity (Wildman–Crippen MR) is 106 cm³/mol. The minimum atomic E-state index is -2.77. The van der Waals surface area contributed by atoms with Gasteiger partial charge in [0.25, 0.3) is 5.91 Å². The Balaban J connectivity index is 1.57. The Morgan fingerprint density at radius 3 is 2.87 bits per heavy atom. The second kappa shape index (κ2) is 8.52. The minimum Gasteiger partial charge on any atom is -0.373 e. The number of piperidine rings is 1. The van der Waals surface area contributed by atoms with Crippen molar-refractivity contribution in [1.29, 1.82) is 0 Å². The Labute approximate surface area is 172 Å². The van der Waals surface area contributed by atoms with Crippen LogP contribution < -0.4 is 5.32 Å². The molecule has 0 aliphatic carbocycles. The molecule has 0 saturated carbocycles. The smallest absolute Gasteiger partial charge is 0.333 e. The number of rotatable bonds is 5. The number of anilines is 1. The highest BCUT2D eigenvalue weighted by Gasteiger charge is 2.28. The van der Waals surface area contributed by atoms with Crippen LogP contribution in [0.3, 0.4) is 0 Å². The molecule has 3 aromatic heterocycles. The number of aromatic nitrogens is 5. The molecule has 4 rings (SSSR count). The number of halogens is 2. The molecule has 3 aromatic rings. The van der Waals surface area contributed by atoms with E-state index in [2.05, 4.69) is 20.4 Å². The standard InChI is InChI=1S/C20H21F2N7O/c1-23-17-10-16(25-18(26-17)13-4-2-7-24-11-13)14-5-3-8-28(12-14)19(30)15-6-9-29(27-15)20(21)22/h2,4,6-7,9-11,14,20H,3,5,8,12H2,1H3,(H,23,25,26)/t14-/m0/s1. The van der Waals surface area contributed by atoms with Crippen molar-refractivity contribution in [3.8, 4) is 11.4 Å². The van der Waals surface area contributed by atoms with Gasteiger partial charge < -0.3 is 10.2 Å². The van der Waals surface area contributed by atoms with E-state index in [1.54, 1.807) is 24.3 Å². The van der Waals surface area contributed by atoms with Crippen LogP contribution in [0.15, 0.2) is 42.9 Å². The topological polar surface area (TPSA) is 88.8 Å². The van der Waals surface area contributed by atoms with Crippen molar-refractivity contribution in [3.05, 3.63) is 54.2 Å². The highest BCUT2D eigenvalue weighted by Crippen LogP contribution is 2.29. The van der Waals surface area contributed by atoms with E-state index in [0.717, 1.165) is 30.3 Å². The summed E-state index contributed by atoms with van der Waals surface area (Å²) in [4.78, 5) is 27.8. The number of nitrogens with one attached hydrogen (secondary N) is 1. The molecule has 1 fully saturated rings. The van der Waals surface area contributed by atoms with E-state index < -0.39 is 6.55 Å². The fraction of sp³-hybridized carbons (Fsp3) is 0.350. The molecule has 4 heterocycles. The Morgan fingerprint density at radius 2 is 2.17 bits per heavy atom. The summed E-state index contributed by atoms with van der Waals surface area (Å²) in [5, 5.41) is 6.75. The molecule has 1 amide bonds. The number of pyridine rings is 1. The Morgan fingerprint density at radius 1 is 1.30 bits per heavy atom. The van der Waals surface area contributed by atoms with Gasteiger partial charge in [0, 0.05) is 56.3 Å². The van der Waals surface area contributed by atoms with Crippen molar-refractivity contribution >= 4 is 11.7 Å². The maximum atomic E-state index is 12.8. The lowest BCUT2D eigenvalue weighted by Gasteiger charge is -2.32. The molecule has 30 heavy (non-hydrogen) atoms. The van der Waals surface area contributed by atoms with Gasteiger partial charge in [0.1, 0.15) is 5.82 Å². The Bertz CT molecular complexity index is 1030. The van der Waals surface area contributed by atoms with Crippen LogP contribution in [0.5, 0.6) is 0 Å². The average Bonchev–Trinajstić information content (AvgIpc) is 3.29. The van der Waals surface area contributed by atoms with E-state index in [9.17, 15) is 13.6 Å². The summed E-state index contributed by atoms with van der Waals surface area (Å²) in [6.07, 6.45) is 6.15. The van der Waals surface area contributed by atoms with Crippen LogP contribution in [0.2, 0.25) is 0 Å². The zero-order valence-corrected chi connectivity index (χ0v) is 16.4. The van der Waals surface area contributed by atoms with E-state index in [1.807, 2.05) is 18.2 Å². The van der Waals surface area contributed by atoms with Gasteiger partial charge in [0.2, 0.25) is 0 Å². The summed E-state index contributed by atoms with van der Waals surface area (Å²) < 4.78 is 26.0. The van der Waals surface area contributed by atoms with Gasteiger partial charge in [0.15, 0.2) is 11.5 Å². The van der Waals surface area contributed by atoms with E-state index in [1.165, 1.54) is 6.07 Å². The van der Waals surface area contributed by atoms with Crippen LogP contribution in [0.25, 0.3) is 11.4 Å². The molecular formula is C20H21F2N7O. The third-order valence-corrected chi connectivity index (χ3v) is 5.08. The first-order valence-electron chi connectivity index (χ1n) is 9.65. The number of hydrogen-bond donors (Lipinski definition) is 1. The maximum Gasteiger partial charge on any atom is 0.333 e. The van der Waals surface area contributed by atoms with Gasteiger partial charge in [-0.05, 0) is 31.0 Å². The van der Waals surface area contributed by atoms with Gasteiger partial charge in [-0.25, -0.2) is 14.6 Å². The highest BCUT2D eigenvalue weighted by atomic mass is 19.3. The number of alkyl halides is 2. The van der Waals surface area contributed by atoms with E-state index in [4.69, 9.17) is 4.98 Å². The summed E-state index contributed by atoms with van der Waals surface area (Å²) in [6, 6.07) is 6.91. The summed E-state index contributed by atoms with van der Waals surface area (Å²) in [7, 11) is 1.79. The summed E-state index contributed by atoms with van der Waals surface area (Å²) >= 11 is 0. The van der Waals surface area contributed by atoms with Gasteiger partial charge >= 0.3 is 6.55 Å². The lowest BCUT2D eigenvalue weighted by Crippen LogP contribution is -2.39. The minimum absolute atomic E-state index is 0.00501. The molecule has 0 radical (unpaired) electrons. The molecular weight excluding hydrogens is 392 g/mol. The number of carbonyl (C=O) groups excluding carboxylic acids is 1. The lowest BCUT2D eigenvalue weighted by atomic mass is 9.94. The molecule has 0 bridgehead atoms. The van der Waals surface area contributed by atoms with E-state index in [-0.39, 0.29) is 17.5 Å². The number of nitrogens with zero attached hydrogens (tertiary/aromatic N) is 6. The summed E-state index contributed by atoms with van der Waals surface area (Å²) in [5.41, 5.74) is 1.64. The van der Waals surface area contributed by atoms with Crippen LogP contribution in [0.1, 0.15) is 41.5 Å². The molecule has 0 spiro atoms. The Hall–Kier alpha value is -3.43. The predicted octanol–water partition coefficient (Wildman–Crippen LogP) is 3.19. The maximum absolute atomic E-state index is 12.8. The number of carbonyl (C=O) groups is 1. The SMILES string of the molecule is CNc1cc([C@H]2CCCN(C(=O)c3ccn(C(F)F)n3)C2)nc(-c2cccnc2)n1. The van der Waals surface area contributed by atoms with Crippen LogP contribution in [0, 0.1) is 0 Å². The van der Waals surface area contributed by atoms with E-state index >= 15 is 0 Å². The van der Waals surface area contributed by atoms with Crippen molar-refractivity contribution in [3.63, 3.8) is 0 Å². The molecule has 8 nitrogen and oxygen atoms in total. The third kappa shape index (κ3) is 4.12. The van der Waals surface area contributed by atoms with Gasteiger partial charge in [-0.1, -0.05) is 0 Å². The number of likely N-dealkylation sites (tertiary alicyclic amines) is 1. The first-order chi connectivity index (χ1) is 14.5. The Kier molecular flexibility index (Phi) is 5.64. The number of amides is 1. The normalized spacial score (nSPS) is 16.7. The van der Waals surface area contributed by atoms with Crippen LogP contribution >= 0.6 is 0 Å². The zero-order chi connectivity index (χ0) is 21.1. The van der Waals surface area contributed by atoms with Gasteiger partial charge in [-0.3, -0.25) is 9.78 Å². The molecule has 1 atom stereocenters. The summed E-state index contributed by atoms with van der Waals surface area (Å²) in [5.74, 6) is 0.891. The average molecular weight is 413 g/mol. The molecule has 1 aliphatic heterocycles. The lowest BCUT2D eigenvalue weighted by molar-refractivity contribution is 0.0546.